The van der Waals surface area contributed by atoms with Crippen LogP contribution in [0.1, 0.15) is 30.0 Å². The van der Waals surface area contributed by atoms with Crippen LogP contribution in [0.4, 0.5) is 0 Å². The molecule has 1 aliphatic heterocycles. The second-order valence-electron chi connectivity index (χ2n) is 5.71. The summed E-state index contributed by atoms with van der Waals surface area (Å²) in [6, 6.07) is 4.41. The summed E-state index contributed by atoms with van der Waals surface area (Å²) in [6.45, 7) is 9.41. The van der Waals surface area contributed by atoms with Crippen molar-refractivity contribution in [1.29, 1.82) is 0 Å². The molecule has 1 atom stereocenters. The van der Waals surface area contributed by atoms with Crippen molar-refractivity contribution in [2.45, 2.75) is 33.2 Å². The van der Waals surface area contributed by atoms with Gasteiger partial charge in [-0.3, -0.25) is 0 Å². The minimum absolute atomic E-state index is 0. The minimum Gasteiger partial charge on any atom is -0.357 e. The molecule has 0 spiro atoms. The second-order valence-corrected chi connectivity index (χ2v) is 6.97. The maximum absolute atomic E-state index is 4.70. The van der Waals surface area contributed by atoms with E-state index in [2.05, 4.69) is 48.6 Å². The number of guanidine groups is 1. The second kappa shape index (κ2) is 10.4. The van der Waals surface area contributed by atoms with E-state index >= 15 is 0 Å². The van der Waals surface area contributed by atoms with Crippen LogP contribution in [0, 0.1) is 5.92 Å². The molecule has 1 saturated heterocycles. The molecule has 2 heterocycles. The number of nitrogens with zero attached hydrogens (tertiary/aromatic N) is 2. The highest BCUT2D eigenvalue weighted by molar-refractivity contribution is 14.0. The molecule has 0 aliphatic carbocycles. The highest BCUT2D eigenvalue weighted by Gasteiger charge is 2.19. The number of rotatable bonds is 6. The Hall–Kier alpha value is -0.340. The summed E-state index contributed by atoms with van der Waals surface area (Å²) in [4.78, 5) is 9.87. The van der Waals surface area contributed by atoms with E-state index < -0.39 is 0 Å². The molecule has 1 fully saturated rings. The third-order valence-electron chi connectivity index (χ3n) is 3.85. The van der Waals surface area contributed by atoms with E-state index in [0.29, 0.717) is 0 Å². The van der Waals surface area contributed by atoms with Crippen LogP contribution in [0.25, 0.3) is 0 Å². The maximum atomic E-state index is 4.70. The summed E-state index contributed by atoms with van der Waals surface area (Å²) in [5.41, 5.74) is 0. The topological polar surface area (TPSA) is 39.7 Å². The molecule has 0 aromatic carbocycles. The van der Waals surface area contributed by atoms with Gasteiger partial charge in [0.25, 0.3) is 0 Å². The molecule has 0 amide bonds. The monoisotopic (exact) mass is 436 g/mol. The molecule has 4 nitrogen and oxygen atoms in total. The van der Waals surface area contributed by atoms with Crippen LogP contribution < -0.4 is 10.6 Å². The van der Waals surface area contributed by atoms with Crippen LogP contribution in [-0.2, 0) is 13.0 Å². The predicted octanol–water partition coefficient (Wildman–Crippen LogP) is 2.94. The third-order valence-corrected chi connectivity index (χ3v) is 5.06. The first-order chi connectivity index (χ1) is 10.2. The minimum atomic E-state index is 0. The molecule has 0 radical (unpaired) electrons. The molecular formula is C16H29IN4S. The largest absolute Gasteiger partial charge is 0.357 e. The van der Waals surface area contributed by atoms with E-state index in [9.17, 15) is 0 Å². The Balaban J connectivity index is 0.00000242. The number of halogens is 1. The van der Waals surface area contributed by atoms with Gasteiger partial charge in [-0.15, -0.1) is 35.3 Å². The van der Waals surface area contributed by atoms with Crippen molar-refractivity contribution >= 4 is 41.3 Å². The van der Waals surface area contributed by atoms with Crippen molar-refractivity contribution < 1.29 is 0 Å². The van der Waals surface area contributed by atoms with Crippen molar-refractivity contribution in [2.75, 3.05) is 33.2 Å². The van der Waals surface area contributed by atoms with Gasteiger partial charge in [-0.1, -0.05) is 6.92 Å². The summed E-state index contributed by atoms with van der Waals surface area (Å²) >= 11 is 1.87. The molecule has 6 heteroatoms. The van der Waals surface area contributed by atoms with Crippen LogP contribution >= 0.6 is 35.3 Å². The lowest BCUT2D eigenvalue weighted by molar-refractivity contribution is 0.394. The zero-order chi connectivity index (χ0) is 15.1. The van der Waals surface area contributed by atoms with Gasteiger partial charge in [0, 0.05) is 29.4 Å². The lowest BCUT2D eigenvalue weighted by atomic mass is 10.1. The molecule has 0 bridgehead atoms. The average molecular weight is 436 g/mol. The van der Waals surface area contributed by atoms with Gasteiger partial charge in [0.05, 0.1) is 6.54 Å². The lowest BCUT2D eigenvalue weighted by Gasteiger charge is -2.15. The SMILES string of the molecule is CCNC(=NCc1ccc(CC)s1)NCC1CCN(C)C1.I. The molecule has 0 saturated carbocycles. The number of thiophene rings is 1. The van der Waals surface area contributed by atoms with Crippen molar-refractivity contribution in [2.24, 2.45) is 10.9 Å². The predicted molar refractivity (Wildman–Crippen MR) is 108 cm³/mol. The summed E-state index contributed by atoms with van der Waals surface area (Å²) in [5, 5.41) is 6.83. The smallest absolute Gasteiger partial charge is 0.191 e. The van der Waals surface area contributed by atoms with Crippen LogP contribution in [0.3, 0.4) is 0 Å². The molecule has 1 aliphatic rings. The first-order valence-corrected chi connectivity index (χ1v) is 8.81. The van der Waals surface area contributed by atoms with Crippen LogP contribution in [-0.4, -0.2) is 44.1 Å². The fourth-order valence-electron chi connectivity index (χ4n) is 2.63. The zero-order valence-corrected chi connectivity index (χ0v) is 17.0. The first kappa shape index (κ1) is 19.7. The molecular weight excluding hydrogens is 407 g/mol. The summed E-state index contributed by atoms with van der Waals surface area (Å²) in [5.74, 6) is 1.69. The molecule has 2 N–H and O–H groups in total. The van der Waals surface area contributed by atoms with Gasteiger partial charge in [0.2, 0.25) is 0 Å². The molecule has 1 aromatic rings. The van der Waals surface area contributed by atoms with Gasteiger partial charge in [-0.2, -0.15) is 0 Å². The highest BCUT2D eigenvalue weighted by atomic mass is 127. The normalized spacial score (nSPS) is 19.0. The standard InChI is InChI=1S/C16H28N4S.HI/c1-4-14-6-7-15(21-14)11-19-16(17-5-2)18-10-13-8-9-20(3)12-13;/h6-7,13H,4-5,8-12H2,1-3H3,(H2,17,18,19);1H. The van der Waals surface area contributed by atoms with Crippen molar-refractivity contribution in [3.63, 3.8) is 0 Å². The molecule has 1 aromatic heterocycles. The van der Waals surface area contributed by atoms with E-state index in [1.165, 1.54) is 29.3 Å². The highest BCUT2D eigenvalue weighted by Crippen LogP contribution is 2.17. The maximum Gasteiger partial charge on any atom is 0.191 e. The number of nitrogens with one attached hydrogen (secondary N) is 2. The zero-order valence-electron chi connectivity index (χ0n) is 13.9. The summed E-state index contributed by atoms with van der Waals surface area (Å²) < 4.78 is 0. The first-order valence-electron chi connectivity index (χ1n) is 7.99. The lowest BCUT2D eigenvalue weighted by Crippen LogP contribution is -2.40. The Labute approximate surface area is 155 Å². The number of hydrogen-bond acceptors (Lipinski definition) is 3. The Morgan fingerprint density at radius 1 is 1.32 bits per heavy atom. The molecule has 126 valence electrons. The fraction of sp³-hybridized carbons (Fsp3) is 0.688. The molecule has 22 heavy (non-hydrogen) atoms. The number of aliphatic imine (C=N–C) groups is 1. The van der Waals surface area contributed by atoms with Crippen molar-refractivity contribution in [1.82, 2.24) is 15.5 Å². The van der Waals surface area contributed by atoms with Crippen molar-refractivity contribution in [3.05, 3.63) is 21.9 Å². The fourth-order valence-corrected chi connectivity index (χ4v) is 3.51. The van der Waals surface area contributed by atoms with Gasteiger partial charge in [0.1, 0.15) is 0 Å². The average Bonchev–Trinajstić information content (AvgIpc) is 3.10. The van der Waals surface area contributed by atoms with E-state index in [-0.39, 0.29) is 24.0 Å². The van der Waals surface area contributed by atoms with E-state index in [0.717, 1.165) is 37.9 Å². The van der Waals surface area contributed by atoms with Gasteiger partial charge >= 0.3 is 0 Å². The Bertz CT molecular complexity index is 461. The number of aryl methyl sites for hydroxylation is 1. The Morgan fingerprint density at radius 3 is 2.68 bits per heavy atom. The third kappa shape index (κ3) is 6.42. The number of hydrogen-bond donors (Lipinski definition) is 2. The van der Waals surface area contributed by atoms with Gasteiger partial charge < -0.3 is 15.5 Å². The van der Waals surface area contributed by atoms with Crippen molar-refractivity contribution in [3.8, 4) is 0 Å². The number of likely N-dealkylation sites (tertiary alicyclic amines) is 1. The van der Waals surface area contributed by atoms with Gasteiger partial charge in [-0.25, -0.2) is 4.99 Å². The Morgan fingerprint density at radius 2 is 2.09 bits per heavy atom. The quantitative estimate of drug-likeness (QED) is 0.409. The van der Waals surface area contributed by atoms with Crippen LogP contribution in [0.15, 0.2) is 17.1 Å². The summed E-state index contributed by atoms with van der Waals surface area (Å²) in [7, 11) is 2.20. The van der Waals surface area contributed by atoms with E-state index in [4.69, 9.17) is 4.99 Å². The summed E-state index contributed by atoms with van der Waals surface area (Å²) in [6.07, 6.45) is 2.40. The van der Waals surface area contributed by atoms with Crippen LogP contribution in [0.2, 0.25) is 0 Å². The van der Waals surface area contributed by atoms with Gasteiger partial charge in [-0.05, 0) is 51.4 Å². The molecule has 1 unspecified atom stereocenters. The molecule has 2 rings (SSSR count). The van der Waals surface area contributed by atoms with Gasteiger partial charge in [0.15, 0.2) is 5.96 Å². The van der Waals surface area contributed by atoms with Crippen LogP contribution in [0.5, 0.6) is 0 Å². The van der Waals surface area contributed by atoms with E-state index in [1.807, 2.05) is 11.3 Å². The Kier molecular flexibility index (Phi) is 9.35. The van der Waals surface area contributed by atoms with E-state index in [1.54, 1.807) is 0 Å².